The lowest BCUT2D eigenvalue weighted by Crippen LogP contribution is -2.00. The fraction of sp³-hybridized carbons (Fsp3) is 0.333. The Bertz CT molecular complexity index is 377. The second kappa shape index (κ2) is 4.61. The van der Waals surface area contributed by atoms with Crippen LogP contribution in [0.4, 0.5) is 5.69 Å². The second-order valence-electron chi connectivity index (χ2n) is 2.73. The van der Waals surface area contributed by atoms with E-state index in [1.54, 1.807) is 0 Å². The molecule has 0 saturated heterocycles. The van der Waals surface area contributed by atoms with Gasteiger partial charge in [0.25, 0.3) is 0 Å². The van der Waals surface area contributed by atoms with E-state index in [0.29, 0.717) is 5.56 Å². The summed E-state index contributed by atoms with van der Waals surface area (Å²) < 4.78 is 9.85. The smallest absolute Gasteiger partial charge is 0.314 e. The van der Waals surface area contributed by atoms with Crippen molar-refractivity contribution in [2.75, 3.05) is 14.2 Å². The molecule has 0 unspecified atom stereocenters. The molecular weight excluding hydrogens is 202 g/mol. The number of rotatable bonds is 4. The zero-order valence-corrected chi connectivity index (χ0v) is 8.39. The molecule has 0 bridgehead atoms. The minimum absolute atomic E-state index is 0.0223. The maximum atomic E-state index is 10.7. The van der Waals surface area contributed by atoms with E-state index in [9.17, 15) is 10.1 Å². The van der Waals surface area contributed by atoms with Crippen molar-refractivity contribution in [3.63, 3.8) is 0 Å². The zero-order valence-electron chi connectivity index (χ0n) is 8.39. The number of hydrogen-bond donors (Lipinski definition) is 1. The van der Waals surface area contributed by atoms with Gasteiger partial charge in [-0.05, 0) is 6.07 Å². The maximum Gasteiger partial charge on any atom is 0.314 e. The Morgan fingerprint density at radius 2 is 1.93 bits per heavy atom. The Hall–Kier alpha value is -1.82. The van der Waals surface area contributed by atoms with Crippen molar-refractivity contribution >= 4 is 5.69 Å². The van der Waals surface area contributed by atoms with Crippen molar-refractivity contribution in [1.82, 2.24) is 0 Å². The van der Waals surface area contributed by atoms with Gasteiger partial charge in [0.1, 0.15) is 0 Å². The predicted molar refractivity (Wildman–Crippen MR) is 52.1 cm³/mol. The number of nitro groups is 1. The SMILES string of the molecule is COc1c(CO)ccc([N+](=O)[O-])c1OC. The molecule has 0 radical (unpaired) electrons. The summed E-state index contributed by atoms with van der Waals surface area (Å²) in [5, 5.41) is 19.6. The lowest BCUT2D eigenvalue weighted by molar-refractivity contribution is -0.385. The van der Waals surface area contributed by atoms with E-state index >= 15 is 0 Å². The molecule has 0 aliphatic heterocycles. The van der Waals surface area contributed by atoms with E-state index in [1.165, 1.54) is 26.4 Å². The lowest BCUT2D eigenvalue weighted by Gasteiger charge is -2.10. The van der Waals surface area contributed by atoms with Crippen LogP contribution in [0.2, 0.25) is 0 Å². The highest BCUT2D eigenvalue weighted by atomic mass is 16.6. The minimum atomic E-state index is -0.567. The largest absolute Gasteiger partial charge is 0.492 e. The molecule has 0 heterocycles. The Balaban J connectivity index is 3.40. The molecule has 6 nitrogen and oxygen atoms in total. The highest BCUT2D eigenvalue weighted by molar-refractivity contribution is 5.59. The first-order valence-electron chi connectivity index (χ1n) is 4.14. The summed E-state index contributed by atoms with van der Waals surface area (Å²) >= 11 is 0. The third-order valence-electron chi connectivity index (χ3n) is 1.95. The molecule has 0 atom stereocenters. The average molecular weight is 213 g/mol. The van der Waals surface area contributed by atoms with Gasteiger partial charge in [-0.25, -0.2) is 0 Å². The normalized spacial score (nSPS) is 9.80. The zero-order chi connectivity index (χ0) is 11.4. The molecule has 15 heavy (non-hydrogen) atoms. The van der Waals surface area contributed by atoms with Crippen LogP contribution in [0, 0.1) is 10.1 Å². The molecule has 1 aromatic rings. The van der Waals surface area contributed by atoms with Crippen LogP contribution >= 0.6 is 0 Å². The lowest BCUT2D eigenvalue weighted by atomic mass is 10.1. The van der Waals surface area contributed by atoms with Gasteiger partial charge in [-0.15, -0.1) is 0 Å². The molecule has 1 aromatic carbocycles. The standard InChI is InChI=1S/C9H11NO5/c1-14-8-6(5-11)3-4-7(10(12)13)9(8)15-2/h3-4,11H,5H2,1-2H3. The number of aliphatic hydroxyl groups is 1. The molecular formula is C9H11NO5. The molecule has 82 valence electrons. The third-order valence-corrected chi connectivity index (χ3v) is 1.95. The number of aliphatic hydroxyl groups excluding tert-OH is 1. The van der Waals surface area contributed by atoms with Crippen molar-refractivity contribution in [1.29, 1.82) is 0 Å². The molecule has 0 saturated carbocycles. The Labute approximate surface area is 86.2 Å². The first kappa shape index (κ1) is 11.3. The van der Waals surface area contributed by atoms with Crippen LogP contribution in [0.3, 0.4) is 0 Å². The third kappa shape index (κ3) is 1.99. The van der Waals surface area contributed by atoms with Gasteiger partial charge < -0.3 is 14.6 Å². The number of methoxy groups -OCH3 is 2. The Morgan fingerprint density at radius 3 is 2.33 bits per heavy atom. The molecule has 0 spiro atoms. The van der Waals surface area contributed by atoms with Crippen LogP contribution in [0.5, 0.6) is 11.5 Å². The van der Waals surface area contributed by atoms with Crippen molar-refractivity contribution in [2.24, 2.45) is 0 Å². The highest BCUT2D eigenvalue weighted by Gasteiger charge is 2.22. The van der Waals surface area contributed by atoms with E-state index in [-0.39, 0.29) is 23.8 Å². The maximum absolute atomic E-state index is 10.7. The molecule has 6 heteroatoms. The summed E-state index contributed by atoms with van der Waals surface area (Å²) in [6.07, 6.45) is 0. The van der Waals surface area contributed by atoms with E-state index in [4.69, 9.17) is 14.6 Å². The molecule has 0 aliphatic rings. The quantitative estimate of drug-likeness (QED) is 0.598. The van der Waals surface area contributed by atoms with Crippen LogP contribution in [-0.4, -0.2) is 24.2 Å². The summed E-state index contributed by atoms with van der Waals surface area (Å²) in [6.45, 7) is -0.266. The van der Waals surface area contributed by atoms with Gasteiger partial charge in [0.05, 0.1) is 25.7 Å². The van der Waals surface area contributed by atoms with Crippen LogP contribution in [0.15, 0.2) is 12.1 Å². The minimum Gasteiger partial charge on any atom is -0.492 e. The van der Waals surface area contributed by atoms with Gasteiger partial charge in [0, 0.05) is 11.6 Å². The van der Waals surface area contributed by atoms with E-state index < -0.39 is 4.92 Å². The van der Waals surface area contributed by atoms with Gasteiger partial charge in [0.2, 0.25) is 5.75 Å². The van der Waals surface area contributed by atoms with Crippen molar-refractivity contribution in [2.45, 2.75) is 6.61 Å². The van der Waals surface area contributed by atoms with Crippen LogP contribution in [0.1, 0.15) is 5.56 Å². The van der Waals surface area contributed by atoms with E-state index in [0.717, 1.165) is 0 Å². The summed E-state index contributed by atoms with van der Waals surface area (Å²) in [6, 6.07) is 2.70. The van der Waals surface area contributed by atoms with Gasteiger partial charge in [0.15, 0.2) is 5.75 Å². The summed E-state index contributed by atoms with van der Waals surface area (Å²) in [5.74, 6) is 0.211. The van der Waals surface area contributed by atoms with Crippen molar-refractivity contribution in [3.05, 3.63) is 27.8 Å². The molecule has 0 fully saturated rings. The highest BCUT2D eigenvalue weighted by Crippen LogP contribution is 2.39. The number of benzene rings is 1. The topological polar surface area (TPSA) is 81.8 Å². The Morgan fingerprint density at radius 1 is 1.33 bits per heavy atom. The van der Waals surface area contributed by atoms with E-state index in [2.05, 4.69) is 0 Å². The fourth-order valence-electron chi connectivity index (χ4n) is 1.28. The predicted octanol–water partition coefficient (Wildman–Crippen LogP) is 1.10. The monoisotopic (exact) mass is 213 g/mol. The Kier molecular flexibility index (Phi) is 3.46. The molecule has 0 aliphatic carbocycles. The number of hydrogen-bond acceptors (Lipinski definition) is 5. The van der Waals surface area contributed by atoms with Gasteiger partial charge >= 0.3 is 5.69 Å². The number of nitrogens with zero attached hydrogens (tertiary/aromatic N) is 1. The van der Waals surface area contributed by atoms with Crippen molar-refractivity contribution in [3.8, 4) is 11.5 Å². The van der Waals surface area contributed by atoms with Gasteiger partial charge in [-0.2, -0.15) is 0 Å². The van der Waals surface area contributed by atoms with Crippen molar-refractivity contribution < 1.29 is 19.5 Å². The first-order valence-corrected chi connectivity index (χ1v) is 4.14. The van der Waals surface area contributed by atoms with Crippen LogP contribution in [0.25, 0.3) is 0 Å². The second-order valence-corrected chi connectivity index (χ2v) is 2.73. The molecule has 0 amide bonds. The summed E-state index contributed by atoms with van der Waals surface area (Å²) in [4.78, 5) is 10.1. The molecule has 1 N–H and O–H groups in total. The van der Waals surface area contributed by atoms with Crippen LogP contribution in [-0.2, 0) is 6.61 Å². The fourth-order valence-corrected chi connectivity index (χ4v) is 1.28. The molecule has 0 aromatic heterocycles. The van der Waals surface area contributed by atoms with E-state index in [1.807, 2.05) is 0 Å². The van der Waals surface area contributed by atoms with Crippen LogP contribution < -0.4 is 9.47 Å². The number of ether oxygens (including phenoxy) is 2. The summed E-state index contributed by atoms with van der Waals surface area (Å²) in [5.41, 5.74) is 0.256. The average Bonchev–Trinajstić information content (AvgIpc) is 2.26. The number of nitro benzene ring substituents is 1. The van der Waals surface area contributed by atoms with Gasteiger partial charge in [-0.1, -0.05) is 0 Å². The van der Waals surface area contributed by atoms with Gasteiger partial charge in [-0.3, -0.25) is 10.1 Å². The molecule has 1 rings (SSSR count). The first-order chi connectivity index (χ1) is 7.15. The summed E-state index contributed by atoms with van der Waals surface area (Å²) in [7, 11) is 2.67.